The first-order valence-electron chi connectivity index (χ1n) is 6.41. The minimum absolute atomic E-state index is 1.42. The Balaban J connectivity index is 5.22. The fourth-order valence-electron chi connectivity index (χ4n) is 2.00. The normalized spacial score (nSPS) is 12.4. The van der Waals surface area contributed by atoms with Crippen LogP contribution in [-0.2, 0) is 4.12 Å². The predicted octanol–water partition coefficient (Wildman–Crippen LogP) is 5.20. The van der Waals surface area contributed by atoms with Gasteiger partial charge < -0.3 is 4.12 Å². The zero-order chi connectivity index (χ0) is 14.0. The maximum absolute atomic E-state index is 6.63. The van der Waals surface area contributed by atoms with E-state index in [-0.39, 0.29) is 0 Å². The van der Waals surface area contributed by atoms with Gasteiger partial charge in [-0.05, 0) is 67.7 Å². The molecule has 0 aromatic carbocycles. The molecule has 0 fully saturated rings. The molecule has 0 aliphatic heterocycles. The zero-order valence-electron chi connectivity index (χ0n) is 13.4. The molecule has 0 radical (unpaired) electrons. The highest BCUT2D eigenvalue weighted by molar-refractivity contribution is 6.91. The van der Waals surface area contributed by atoms with Crippen LogP contribution in [0.1, 0.15) is 41.5 Å². The maximum atomic E-state index is 6.63. The lowest BCUT2D eigenvalue weighted by molar-refractivity contribution is 0.560. The van der Waals surface area contributed by atoms with E-state index >= 15 is 0 Å². The van der Waals surface area contributed by atoms with E-state index in [2.05, 4.69) is 67.7 Å². The summed E-state index contributed by atoms with van der Waals surface area (Å²) < 4.78 is 6.63. The van der Waals surface area contributed by atoms with Gasteiger partial charge in [-0.2, -0.15) is 0 Å². The fourth-order valence-corrected chi connectivity index (χ4v) is 10.7. The van der Waals surface area contributed by atoms with E-state index in [1.54, 1.807) is 0 Å². The second-order valence-electron chi connectivity index (χ2n) is 6.37. The highest BCUT2D eigenvalue weighted by Crippen LogP contribution is 2.28. The van der Waals surface area contributed by atoms with Gasteiger partial charge in [0.05, 0.1) is 0 Å². The van der Waals surface area contributed by atoms with Gasteiger partial charge >= 0.3 is 0 Å². The van der Waals surface area contributed by atoms with Crippen molar-refractivity contribution >= 4 is 16.6 Å². The molecule has 0 unspecified atom stereocenters. The zero-order valence-corrected chi connectivity index (χ0v) is 15.4. The van der Waals surface area contributed by atoms with Crippen molar-refractivity contribution in [2.45, 2.75) is 67.7 Å². The third-order valence-electron chi connectivity index (χ3n) is 3.82. The molecule has 0 aliphatic carbocycles. The van der Waals surface area contributed by atoms with Crippen LogP contribution in [0.25, 0.3) is 0 Å². The summed E-state index contributed by atoms with van der Waals surface area (Å²) in [6.07, 6.45) is 0. The monoisotopic (exact) mass is 270 g/mol. The van der Waals surface area contributed by atoms with Gasteiger partial charge in [0.15, 0.2) is 0 Å². The highest BCUT2D eigenvalue weighted by atomic mass is 28.4. The third kappa shape index (κ3) is 4.56. The van der Waals surface area contributed by atoms with Gasteiger partial charge in [-0.15, -0.1) is 0 Å². The SMILES string of the molecule is CC(C)=C(C)[Si](C)(C)O[Si](C)(C)C(C)=C(C)C. The van der Waals surface area contributed by atoms with Gasteiger partial charge in [0.25, 0.3) is 0 Å². The number of allylic oxidation sites excluding steroid dienone is 4. The van der Waals surface area contributed by atoms with E-state index < -0.39 is 16.6 Å². The van der Waals surface area contributed by atoms with Crippen LogP contribution in [0.5, 0.6) is 0 Å². The number of hydrogen-bond donors (Lipinski definition) is 0. The molecule has 0 heterocycles. The van der Waals surface area contributed by atoms with E-state index in [1.807, 2.05) is 0 Å². The van der Waals surface area contributed by atoms with Gasteiger partial charge in [-0.3, -0.25) is 0 Å². The molecule has 0 amide bonds. The fraction of sp³-hybridized carbons (Fsp3) is 0.714. The molecule has 0 saturated heterocycles. The van der Waals surface area contributed by atoms with Gasteiger partial charge in [-0.1, -0.05) is 21.5 Å². The molecular weight excluding hydrogens is 240 g/mol. The van der Waals surface area contributed by atoms with Crippen LogP contribution in [0.3, 0.4) is 0 Å². The van der Waals surface area contributed by atoms with Crippen molar-refractivity contribution in [3.05, 3.63) is 21.5 Å². The Hall–Kier alpha value is -0.126. The number of rotatable bonds is 4. The summed E-state index contributed by atoms with van der Waals surface area (Å²) in [5, 5.41) is 2.97. The van der Waals surface area contributed by atoms with Crippen LogP contribution in [0.4, 0.5) is 0 Å². The topological polar surface area (TPSA) is 9.23 Å². The Morgan fingerprint density at radius 1 is 0.588 bits per heavy atom. The lowest BCUT2D eigenvalue weighted by Gasteiger charge is -2.36. The average molecular weight is 271 g/mol. The molecule has 3 heteroatoms. The molecular formula is C14H30OSi2. The van der Waals surface area contributed by atoms with E-state index in [0.717, 1.165) is 0 Å². The van der Waals surface area contributed by atoms with E-state index in [1.165, 1.54) is 21.5 Å². The Morgan fingerprint density at radius 2 is 0.824 bits per heavy atom. The Bertz CT molecular complexity index is 307. The smallest absolute Gasteiger partial charge is 0.201 e. The van der Waals surface area contributed by atoms with E-state index in [9.17, 15) is 0 Å². The van der Waals surface area contributed by atoms with E-state index in [4.69, 9.17) is 4.12 Å². The molecule has 0 aliphatic rings. The summed E-state index contributed by atoms with van der Waals surface area (Å²) in [7, 11) is -3.41. The average Bonchev–Trinajstić information content (AvgIpc) is 2.13. The first-order chi connectivity index (χ1) is 7.42. The molecule has 1 nitrogen and oxygen atoms in total. The predicted molar refractivity (Wildman–Crippen MR) is 84.1 cm³/mol. The van der Waals surface area contributed by atoms with Crippen molar-refractivity contribution in [2.24, 2.45) is 0 Å². The van der Waals surface area contributed by atoms with Crippen LogP contribution in [0.2, 0.25) is 26.2 Å². The van der Waals surface area contributed by atoms with Crippen LogP contribution in [-0.4, -0.2) is 16.6 Å². The quantitative estimate of drug-likeness (QED) is 0.638. The van der Waals surface area contributed by atoms with Gasteiger partial charge in [0.2, 0.25) is 16.6 Å². The molecule has 100 valence electrons. The summed E-state index contributed by atoms with van der Waals surface area (Å²) in [5.74, 6) is 0. The molecule has 17 heavy (non-hydrogen) atoms. The minimum atomic E-state index is -1.71. The lowest BCUT2D eigenvalue weighted by atomic mass is 10.3. The van der Waals surface area contributed by atoms with E-state index in [0.29, 0.717) is 0 Å². The van der Waals surface area contributed by atoms with Crippen LogP contribution < -0.4 is 0 Å². The molecule has 0 atom stereocenters. The van der Waals surface area contributed by atoms with Crippen molar-refractivity contribution in [3.63, 3.8) is 0 Å². The third-order valence-corrected chi connectivity index (χ3v) is 12.5. The van der Waals surface area contributed by atoms with Crippen molar-refractivity contribution in [1.82, 2.24) is 0 Å². The van der Waals surface area contributed by atoms with Gasteiger partial charge in [0, 0.05) is 0 Å². The van der Waals surface area contributed by atoms with Gasteiger partial charge in [0.1, 0.15) is 0 Å². The molecule has 0 spiro atoms. The second-order valence-corrected chi connectivity index (χ2v) is 14.7. The number of hydrogen-bond acceptors (Lipinski definition) is 1. The Morgan fingerprint density at radius 3 is 1.00 bits per heavy atom. The van der Waals surface area contributed by atoms with Crippen molar-refractivity contribution in [3.8, 4) is 0 Å². The minimum Gasteiger partial charge on any atom is -0.449 e. The van der Waals surface area contributed by atoms with Crippen molar-refractivity contribution < 1.29 is 4.12 Å². The largest absolute Gasteiger partial charge is 0.449 e. The van der Waals surface area contributed by atoms with Crippen LogP contribution in [0, 0.1) is 0 Å². The Kier molecular flexibility index (Phi) is 5.63. The summed E-state index contributed by atoms with van der Waals surface area (Å²) in [6.45, 7) is 22.5. The first kappa shape index (κ1) is 16.9. The summed E-state index contributed by atoms with van der Waals surface area (Å²) in [6, 6.07) is 0. The summed E-state index contributed by atoms with van der Waals surface area (Å²) >= 11 is 0. The molecule has 0 aromatic heterocycles. The maximum Gasteiger partial charge on any atom is 0.201 e. The highest BCUT2D eigenvalue weighted by Gasteiger charge is 2.36. The molecule has 0 bridgehead atoms. The Labute approximate surface area is 110 Å². The standard InChI is InChI=1S/C14H30OSi2/c1-11(2)13(5)16(7,8)15-17(9,10)14(6)12(3)4/h1-10H3. The second kappa shape index (κ2) is 5.68. The summed E-state index contributed by atoms with van der Waals surface area (Å²) in [5.41, 5.74) is 2.84. The molecule has 0 N–H and O–H groups in total. The van der Waals surface area contributed by atoms with Crippen molar-refractivity contribution in [1.29, 1.82) is 0 Å². The lowest BCUT2D eigenvalue weighted by Crippen LogP contribution is -2.47. The summed E-state index contributed by atoms with van der Waals surface area (Å²) in [4.78, 5) is 0. The molecule has 0 aromatic rings. The van der Waals surface area contributed by atoms with Crippen LogP contribution >= 0.6 is 0 Å². The van der Waals surface area contributed by atoms with Gasteiger partial charge in [-0.25, -0.2) is 0 Å². The molecule has 0 rings (SSSR count). The molecule has 0 saturated carbocycles. The first-order valence-corrected chi connectivity index (χ1v) is 12.2. The van der Waals surface area contributed by atoms with Crippen LogP contribution in [0.15, 0.2) is 21.5 Å². The van der Waals surface area contributed by atoms with Crippen molar-refractivity contribution in [2.75, 3.05) is 0 Å².